The van der Waals surface area contributed by atoms with Gasteiger partial charge in [0.25, 0.3) is 0 Å². The predicted molar refractivity (Wildman–Crippen MR) is 134 cm³/mol. The largest absolute Gasteiger partial charge is 0.385 e. The molecular weight excluding hydrogens is 430 g/mol. The van der Waals surface area contributed by atoms with Crippen LogP contribution in [0.1, 0.15) is 65.3 Å². The van der Waals surface area contributed by atoms with Crippen LogP contribution in [-0.2, 0) is 16.6 Å². The number of imidazole rings is 1. The molecule has 1 aromatic heterocycles. The van der Waals surface area contributed by atoms with Gasteiger partial charge in [0.15, 0.2) is 5.72 Å². The van der Waals surface area contributed by atoms with Crippen molar-refractivity contribution in [3.05, 3.63) is 29.6 Å². The van der Waals surface area contributed by atoms with Crippen molar-refractivity contribution in [3.8, 4) is 0 Å². The first-order valence-electron chi connectivity index (χ1n) is 12.5. The maximum absolute atomic E-state index is 10.5. The number of aromatic amines is 1. The second-order valence-electron chi connectivity index (χ2n) is 11.5. The normalized spacial score (nSPS) is 29.7. The Bertz CT molecular complexity index is 994. The Morgan fingerprint density at radius 1 is 1.35 bits per heavy atom. The van der Waals surface area contributed by atoms with E-state index in [9.17, 15) is 10.2 Å². The summed E-state index contributed by atoms with van der Waals surface area (Å²) in [6.07, 6.45) is 3.66. The zero-order valence-electron chi connectivity index (χ0n) is 21.1. The van der Waals surface area contributed by atoms with E-state index in [0.29, 0.717) is 24.5 Å². The van der Waals surface area contributed by atoms with Crippen LogP contribution in [-0.4, -0.2) is 74.6 Å². The molecule has 8 heteroatoms. The second-order valence-corrected chi connectivity index (χ2v) is 11.5. The molecule has 2 heterocycles. The van der Waals surface area contributed by atoms with Crippen LogP contribution >= 0.6 is 0 Å². The second kappa shape index (κ2) is 9.57. The van der Waals surface area contributed by atoms with Crippen molar-refractivity contribution in [2.45, 2.75) is 95.7 Å². The maximum Gasteiger partial charge on any atom is 0.189 e. The fraction of sp³-hybridized carbons (Fsp3) is 0.692. The van der Waals surface area contributed by atoms with Crippen LogP contribution in [0.4, 0.5) is 0 Å². The number of hydrogen-bond donors (Lipinski definition) is 5. The van der Waals surface area contributed by atoms with E-state index in [4.69, 9.17) is 15.1 Å². The molecule has 188 valence electrons. The van der Waals surface area contributed by atoms with Crippen molar-refractivity contribution in [3.63, 3.8) is 0 Å². The minimum Gasteiger partial charge on any atom is -0.385 e. The van der Waals surface area contributed by atoms with Gasteiger partial charge in [-0.3, -0.25) is 10.3 Å². The molecule has 1 saturated carbocycles. The number of H-pyrrole nitrogens is 1. The molecule has 0 bridgehead atoms. The highest BCUT2D eigenvalue weighted by Gasteiger charge is 2.49. The molecule has 5 N–H and O–H groups in total. The molecule has 1 aliphatic carbocycles. The number of aliphatic hydroxyl groups excluding tert-OH is 1. The number of fused-ring (bicyclic) bond motifs is 1. The van der Waals surface area contributed by atoms with Gasteiger partial charge < -0.3 is 25.3 Å². The number of aliphatic hydroxyl groups is 2. The lowest BCUT2D eigenvalue weighted by molar-refractivity contribution is -0.0676. The Kier molecular flexibility index (Phi) is 7.06. The highest BCUT2D eigenvalue weighted by atomic mass is 16.5. The molecule has 3 atom stereocenters. The van der Waals surface area contributed by atoms with Crippen LogP contribution in [0.2, 0.25) is 0 Å². The van der Waals surface area contributed by atoms with Crippen LogP contribution in [0, 0.1) is 11.3 Å². The quantitative estimate of drug-likeness (QED) is 0.218. The number of nitrogens with one attached hydrogen (secondary N) is 3. The van der Waals surface area contributed by atoms with Gasteiger partial charge in [0.1, 0.15) is 18.0 Å². The highest BCUT2D eigenvalue weighted by Crippen LogP contribution is 2.37. The summed E-state index contributed by atoms with van der Waals surface area (Å²) in [5.74, 6) is 1.72. The van der Waals surface area contributed by atoms with Gasteiger partial charge in [-0.15, -0.1) is 0 Å². The highest BCUT2D eigenvalue weighted by molar-refractivity contribution is 5.76. The molecule has 0 radical (unpaired) electrons. The number of rotatable bonds is 9. The van der Waals surface area contributed by atoms with Gasteiger partial charge in [-0.25, -0.2) is 4.98 Å². The van der Waals surface area contributed by atoms with Gasteiger partial charge in [0.05, 0.1) is 24.0 Å². The fourth-order valence-electron chi connectivity index (χ4n) is 5.30. The molecule has 2 fully saturated rings. The molecule has 1 aliphatic heterocycles. The summed E-state index contributed by atoms with van der Waals surface area (Å²) in [5, 5.41) is 30.7. The topological polar surface area (TPSA) is 117 Å². The first-order valence-corrected chi connectivity index (χ1v) is 12.5. The molecule has 1 saturated heterocycles. The molecular formula is C26H41N5O3. The molecule has 8 nitrogen and oxygen atoms in total. The summed E-state index contributed by atoms with van der Waals surface area (Å²) in [7, 11) is 0. The average Bonchev–Trinajstić information content (AvgIpc) is 3.26. The molecule has 1 aromatic carbocycles. The van der Waals surface area contributed by atoms with E-state index in [1.807, 2.05) is 0 Å². The summed E-state index contributed by atoms with van der Waals surface area (Å²) >= 11 is 0. The molecule has 0 amide bonds. The van der Waals surface area contributed by atoms with Crippen LogP contribution in [0.15, 0.2) is 18.2 Å². The summed E-state index contributed by atoms with van der Waals surface area (Å²) in [4.78, 5) is 10.7. The van der Waals surface area contributed by atoms with Crippen molar-refractivity contribution < 1.29 is 14.9 Å². The first-order chi connectivity index (χ1) is 16.0. The van der Waals surface area contributed by atoms with Crippen LogP contribution in [0.5, 0.6) is 0 Å². The Labute approximate surface area is 202 Å². The zero-order chi connectivity index (χ0) is 24.7. The van der Waals surface area contributed by atoms with Gasteiger partial charge in [-0.05, 0) is 62.1 Å². The van der Waals surface area contributed by atoms with Gasteiger partial charge in [-0.1, -0.05) is 26.8 Å². The van der Waals surface area contributed by atoms with Crippen molar-refractivity contribution in [1.82, 2.24) is 20.2 Å². The van der Waals surface area contributed by atoms with E-state index in [1.54, 1.807) is 0 Å². The molecule has 34 heavy (non-hydrogen) atoms. The van der Waals surface area contributed by atoms with E-state index >= 15 is 0 Å². The minimum absolute atomic E-state index is 0.0256. The van der Waals surface area contributed by atoms with Crippen molar-refractivity contribution >= 4 is 17.4 Å². The Balaban J connectivity index is 1.29. The molecule has 4 rings (SSSR count). The lowest BCUT2D eigenvalue weighted by atomic mass is 9.76. The van der Waals surface area contributed by atoms with Crippen molar-refractivity contribution in [1.29, 1.82) is 5.41 Å². The minimum atomic E-state index is -1.59. The molecule has 2 aromatic rings. The van der Waals surface area contributed by atoms with Gasteiger partial charge >= 0.3 is 0 Å². The standard InChI is InChI=1S/C26H41N5O3/c1-16(2)31(13-22-24(32)26(33,14-34-22)28-15-27)19-10-17(11-19)6-9-23-29-20-8-7-18(25(3,4)5)12-21(20)30-23/h7-8,12,15-17,19,22,24,32-33H,6,9-11,13-14H2,1-5H3,(H2,27,28)(H,29,30)/t17-,19+,22-,24-,26-/m1/s1. The third kappa shape index (κ3) is 5.15. The van der Waals surface area contributed by atoms with Crippen molar-refractivity contribution in [2.75, 3.05) is 13.2 Å². The van der Waals surface area contributed by atoms with Crippen LogP contribution < -0.4 is 5.32 Å². The van der Waals surface area contributed by atoms with Gasteiger partial charge in [0, 0.05) is 25.0 Å². The molecule has 0 unspecified atom stereocenters. The van der Waals surface area contributed by atoms with E-state index < -0.39 is 17.9 Å². The Morgan fingerprint density at radius 2 is 2.09 bits per heavy atom. The number of ether oxygens (including phenoxy) is 1. The van der Waals surface area contributed by atoms with Crippen LogP contribution in [0.3, 0.4) is 0 Å². The lowest BCUT2D eigenvalue weighted by Crippen LogP contribution is -2.57. The predicted octanol–water partition coefficient (Wildman–Crippen LogP) is 2.93. The summed E-state index contributed by atoms with van der Waals surface area (Å²) < 4.78 is 5.70. The van der Waals surface area contributed by atoms with E-state index in [2.05, 4.69) is 68.0 Å². The summed E-state index contributed by atoms with van der Waals surface area (Å²) in [6, 6.07) is 7.31. The van der Waals surface area contributed by atoms with E-state index in [-0.39, 0.29) is 12.0 Å². The number of nitrogens with zero attached hydrogens (tertiary/aromatic N) is 2. The Hall–Kier alpha value is -2.00. The Morgan fingerprint density at radius 3 is 2.74 bits per heavy atom. The van der Waals surface area contributed by atoms with E-state index in [1.165, 1.54) is 5.56 Å². The fourth-order valence-corrected chi connectivity index (χ4v) is 5.30. The summed E-state index contributed by atoms with van der Waals surface area (Å²) in [6.45, 7) is 11.5. The third-order valence-corrected chi connectivity index (χ3v) is 7.60. The average molecular weight is 472 g/mol. The number of benzene rings is 1. The number of aryl methyl sites for hydroxylation is 1. The van der Waals surface area contributed by atoms with Crippen molar-refractivity contribution in [2.24, 2.45) is 5.92 Å². The third-order valence-electron chi connectivity index (χ3n) is 7.60. The monoisotopic (exact) mass is 471 g/mol. The lowest BCUT2D eigenvalue weighted by Gasteiger charge is -2.46. The number of aromatic nitrogens is 2. The van der Waals surface area contributed by atoms with Gasteiger partial charge in [0.2, 0.25) is 0 Å². The first kappa shape index (κ1) is 25.1. The van der Waals surface area contributed by atoms with E-state index in [0.717, 1.165) is 48.9 Å². The smallest absolute Gasteiger partial charge is 0.189 e. The van der Waals surface area contributed by atoms with Crippen LogP contribution in [0.25, 0.3) is 11.0 Å². The van der Waals surface area contributed by atoms with Gasteiger partial charge in [-0.2, -0.15) is 0 Å². The number of hydrogen-bond acceptors (Lipinski definition) is 6. The molecule has 2 aliphatic rings. The zero-order valence-corrected chi connectivity index (χ0v) is 21.1. The maximum atomic E-state index is 10.5. The summed E-state index contributed by atoms with van der Waals surface area (Å²) in [5.41, 5.74) is 1.99. The molecule has 0 spiro atoms. The SMILES string of the molecule is CC(C)N(C[C@H]1OC[C@](O)(NC=N)[C@@H]1O)[C@H]1C[C@@H](CCc2nc3cc(C(C)(C)C)ccc3[nH]2)C1.